The van der Waals surface area contributed by atoms with Crippen molar-refractivity contribution in [2.45, 2.75) is 39.5 Å². The Balaban J connectivity index is 2.35. The molecule has 6 heteroatoms. The number of H-pyrrole nitrogens is 1. The summed E-state index contributed by atoms with van der Waals surface area (Å²) in [5.74, 6) is 1.62. The summed E-state index contributed by atoms with van der Waals surface area (Å²) in [6, 6.07) is 5.77. The fraction of sp³-hybridized carbons (Fsp3) is 0.353. The van der Waals surface area contributed by atoms with Crippen LogP contribution in [0.2, 0.25) is 0 Å². The van der Waals surface area contributed by atoms with E-state index in [1.165, 1.54) is 10.7 Å². The molecule has 0 unspecified atom stereocenters. The third kappa shape index (κ3) is 2.34. The summed E-state index contributed by atoms with van der Waals surface area (Å²) in [6.07, 6.45) is 1.49. The van der Waals surface area contributed by atoms with Crippen molar-refractivity contribution in [1.82, 2.24) is 14.6 Å². The monoisotopic (exact) mass is 310 g/mol. The quantitative estimate of drug-likeness (QED) is 0.803. The Labute approximate surface area is 133 Å². The Morgan fingerprint density at radius 1 is 1.26 bits per heavy atom. The summed E-state index contributed by atoms with van der Waals surface area (Å²) in [6.45, 7) is 7.96. The van der Waals surface area contributed by atoms with Crippen LogP contribution in [0, 0.1) is 11.3 Å². The van der Waals surface area contributed by atoms with Gasteiger partial charge >= 0.3 is 0 Å². The summed E-state index contributed by atoms with van der Waals surface area (Å²) in [4.78, 5) is 17.3. The average Bonchev–Trinajstić information content (AvgIpc) is 3.13. The molecule has 3 aromatic heterocycles. The molecule has 0 aliphatic heterocycles. The van der Waals surface area contributed by atoms with Crippen LogP contribution < -0.4 is 5.56 Å². The van der Waals surface area contributed by atoms with Crippen LogP contribution in [0.1, 0.15) is 56.4 Å². The predicted octanol–water partition coefficient (Wildman–Crippen LogP) is 3.40. The van der Waals surface area contributed by atoms with Crippen LogP contribution >= 0.6 is 0 Å². The van der Waals surface area contributed by atoms with E-state index in [0.29, 0.717) is 28.2 Å². The van der Waals surface area contributed by atoms with Crippen LogP contribution in [0.25, 0.3) is 17.1 Å². The molecule has 3 aromatic rings. The highest BCUT2D eigenvalue weighted by Gasteiger charge is 2.22. The second-order valence-electron chi connectivity index (χ2n) is 6.15. The first-order valence-corrected chi connectivity index (χ1v) is 7.58. The Kier molecular flexibility index (Phi) is 3.57. The highest BCUT2D eigenvalue weighted by molar-refractivity contribution is 5.64. The van der Waals surface area contributed by atoms with Gasteiger partial charge in [0.15, 0.2) is 11.4 Å². The maximum Gasteiger partial charge on any atom is 0.276 e. The number of fused-ring (bicyclic) bond motifs is 1. The molecular weight excluding hydrogens is 292 g/mol. The third-order valence-electron chi connectivity index (χ3n) is 3.82. The number of rotatable bonds is 3. The normalized spacial score (nSPS) is 11.5. The van der Waals surface area contributed by atoms with Crippen LogP contribution in [0.15, 0.2) is 27.5 Å². The Morgan fingerprint density at radius 2 is 2.00 bits per heavy atom. The van der Waals surface area contributed by atoms with Gasteiger partial charge in [0.05, 0.1) is 5.56 Å². The van der Waals surface area contributed by atoms with Crippen molar-refractivity contribution < 1.29 is 4.42 Å². The van der Waals surface area contributed by atoms with E-state index in [9.17, 15) is 10.1 Å². The molecule has 3 heterocycles. The number of nitrogens with one attached hydrogen (secondary N) is 1. The maximum atomic E-state index is 12.8. The van der Waals surface area contributed by atoms with Gasteiger partial charge in [-0.1, -0.05) is 27.7 Å². The summed E-state index contributed by atoms with van der Waals surface area (Å²) in [7, 11) is 0. The van der Waals surface area contributed by atoms with Gasteiger partial charge in [-0.2, -0.15) is 5.26 Å². The topological polar surface area (TPSA) is 87.1 Å². The van der Waals surface area contributed by atoms with Crippen LogP contribution in [0.3, 0.4) is 0 Å². The number of aromatic nitrogens is 3. The number of nitriles is 1. The van der Waals surface area contributed by atoms with E-state index in [4.69, 9.17) is 4.42 Å². The second kappa shape index (κ2) is 5.43. The van der Waals surface area contributed by atoms with Gasteiger partial charge in [-0.05, 0) is 18.1 Å². The summed E-state index contributed by atoms with van der Waals surface area (Å²) >= 11 is 0. The number of hydrogen-bond donors (Lipinski definition) is 1. The minimum atomic E-state index is -0.205. The number of nitrogens with zero attached hydrogens (tertiary/aromatic N) is 3. The molecule has 6 nitrogen and oxygen atoms in total. The molecule has 0 aliphatic rings. The van der Waals surface area contributed by atoms with Gasteiger partial charge in [-0.25, -0.2) is 9.50 Å². The smallest absolute Gasteiger partial charge is 0.276 e. The first-order chi connectivity index (χ1) is 10.9. The number of aromatic amines is 1. The van der Waals surface area contributed by atoms with Gasteiger partial charge in [0.1, 0.15) is 23.1 Å². The zero-order chi connectivity index (χ0) is 16.7. The lowest BCUT2D eigenvalue weighted by atomic mass is 10.0. The van der Waals surface area contributed by atoms with Gasteiger partial charge in [0.2, 0.25) is 0 Å². The molecule has 0 aromatic carbocycles. The molecule has 118 valence electrons. The average molecular weight is 310 g/mol. The van der Waals surface area contributed by atoms with Gasteiger partial charge < -0.3 is 4.42 Å². The van der Waals surface area contributed by atoms with E-state index in [0.717, 1.165) is 5.76 Å². The Hall–Kier alpha value is -2.81. The van der Waals surface area contributed by atoms with Crippen molar-refractivity contribution in [1.29, 1.82) is 5.26 Å². The van der Waals surface area contributed by atoms with Crippen LogP contribution in [-0.4, -0.2) is 14.6 Å². The third-order valence-corrected chi connectivity index (χ3v) is 3.82. The van der Waals surface area contributed by atoms with E-state index in [2.05, 4.69) is 10.1 Å². The van der Waals surface area contributed by atoms with E-state index < -0.39 is 0 Å². The highest BCUT2D eigenvalue weighted by Crippen LogP contribution is 2.29. The zero-order valence-corrected chi connectivity index (χ0v) is 13.5. The fourth-order valence-electron chi connectivity index (χ4n) is 2.61. The molecule has 0 saturated heterocycles. The van der Waals surface area contributed by atoms with Gasteiger partial charge in [-0.3, -0.25) is 9.89 Å². The van der Waals surface area contributed by atoms with E-state index >= 15 is 0 Å². The second-order valence-corrected chi connectivity index (χ2v) is 6.15. The van der Waals surface area contributed by atoms with Crippen LogP contribution in [-0.2, 0) is 0 Å². The molecule has 0 atom stereocenters. The lowest BCUT2D eigenvalue weighted by Gasteiger charge is -2.10. The van der Waals surface area contributed by atoms with Gasteiger partial charge in [0.25, 0.3) is 5.56 Å². The SMILES string of the molecule is CC(C)c1ccc(-c2nc3c(C#N)c[nH]n3c(=O)c2C(C)C)o1. The van der Waals surface area contributed by atoms with Crippen LogP contribution in [0.5, 0.6) is 0 Å². The minimum Gasteiger partial charge on any atom is -0.459 e. The van der Waals surface area contributed by atoms with Crippen molar-refractivity contribution in [3.05, 3.63) is 45.6 Å². The molecule has 0 aliphatic carbocycles. The molecule has 0 fully saturated rings. The van der Waals surface area contributed by atoms with Crippen molar-refractivity contribution >= 4 is 5.65 Å². The summed E-state index contributed by atoms with van der Waals surface area (Å²) < 4.78 is 7.18. The highest BCUT2D eigenvalue weighted by atomic mass is 16.3. The lowest BCUT2D eigenvalue weighted by molar-refractivity contribution is 0.496. The van der Waals surface area contributed by atoms with Crippen molar-refractivity contribution in [2.75, 3.05) is 0 Å². The molecule has 0 saturated carbocycles. The molecule has 0 spiro atoms. The standard InChI is InChI=1S/C17H18N4O2/c1-9(2)12-5-6-13(23-12)15-14(10(3)4)17(22)21-16(20-15)11(7-18)8-19-21/h5-6,8-10,19H,1-4H3. The molecule has 23 heavy (non-hydrogen) atoms. The lowest BCUT2D eigenvalue weighted by Crippen LogP contribution is -2.22. The van der Waals surface area contributed by atoms with Gasteiger partial charge in [0, 0.05) is 12.1 Å². The van der Waals surface area contributed by atoms with E-state index in [-0.39, 0.29) is 17.4 Å². The summed E-state index contributed by atoms with van der Waals surface area (Å²) in [5, 5.41) is 12.0. The molecule has 1 N–H and O–H groups in total. The first-order valence-electron chi connectivity index (χ1n) is 7.58. The van der Waals surface area contributed by atoms with Crippen molar-refractivity contribution in [2.24, 2.45) is 0 Å². The van der Waals surface area contributed by atoms with E-state index in [1.807, 2.05) is 45.9 Å². The largest absolute Gasteiger partial charge is 0.459 e. The summed E-state index contributed by atoms with van der Waals surface area (Å²) in [5.41, 5.74) is 1.52. The number of furan rings is 1. The Bertz CT molecular complexity index is 967. The first kappa shape index (κ1) is 15.1. The number of hydrogen-bond acceptors (Lipinski definition) is 4. The maximum absolute atomic E-state index is 12.8. The zero-order valence-electron chi connectivity index (χ0n) is 13.5. The molecule has 0 radical (unpaired) electrons. The molecular formula is C17H18N4O2. The fourth-order valence-corrected chi connectivity index (χ4v) is 2.61. The minimum absolute atomic E-state index is 0.0247. The Morgan fingerprint density at radius 3 is 2.57 bits per heavy atom. The van der Waals surface area contributed by atoms with Crippen molar-refractivity contribution in [3.8, 4) is 17.5 Å². The van der Waals surface area contributed by atoms with E-state index in [1.54, 1.807) is 0 Å². The van der Waals surface area contributed by atoms with Crippen LogP contribution in [0.4, 0.5) is 0 Å². The van der Waals surface area contributed by atoms with Crippen molar-refractivity contribution in [3.63, 3.8) is 0 Å². The van der Waals surface area contributed by atoms with Gasteiger partial charge in [-0.15, -0.1) is 0 Å². The molecule has 0 bridgehead atoms. The predicted molar refractivity (Wildman–Crippen MR) is 86.4 cm³/mol. The molecule has 0 amide bonds. The molecule has 3 rings (SSSR count).